The fraction of sp³-hybridized carbons (Fsp3) is 0.444. The standard InChI is InChI=1S/C18H17N3O4/c22-14-2-1-13(15(23)20-14)21-16(24)11-3-9-5-18(7-19-8-18)6-10(9)4-12(11)17(21)25/h3-4,13,19H,1-2,5-8H2,(H,20,22,23)/t13-/m1/s1. The molecule has 0 saturated carbocycles. The summed E-state index contributed by atoms with van der Waals surface area (Å²) >= 11 is 0. The van der Waals surface area contributed by atoms with Crippen molar-refractivity contribution in [2.24, 2.45) is 5.41 Å². The van der Waals surface area contributed by atoms with Gasteiger partial charge in [0, 0.05) is 24.9 Å². The molecular weight excluding hydrogens is 322 g/mol. The van der Waals surface area contributed by atoms with Gasteiger partial charge in [-0.1, -0.05) is 0 Å². The number of amides is 4. The van der Waals surface area contributed by atoms with Crippen LogP contribution in [0.1, 0.15) is 44.7 Å². The van der Waals surface area contributed by atoms with Crippen LogP contribution in [-0.4, -0.2) is 47.7 Å². The van der Waals surface area contributed by atoms with Crippen LogP contribution >= 0.6 is 0 Å². The Morgan fingerprint density at radius 2 is 1.56 bits per heavy atom. The maximum atomic E-state index is 12.8. The first kappa shape index (κ1) is 14.8. The Hall–Kier alpha value is -2.54. The van der Waals surface area contributed by atoms with Crippen molar-refractivity contribution in [1.29, 1.82) is 0 Å². The van der Waals surface area contributed by atoms with Gasteiger partial charge in [-0.2, -0.15) is 0 Å². The highest BCUT2D eigenvalue weighted by atomic mass is 16.2. The van der Waals surface area contributed by atoms with Gasteiger partial charge in [-0.15, -0.1) is 0 Å². The Morgan fingerprint density at radius 1 is 0.960 bits per heavy atom. The first-order chi connectivity index (χ1) is 12.0. The summed E-state index contributed by atoms with van der Waals surface area (Å²) < 4.78 is 0. The van der Waals surface area contributed by atoms with Crippen molar-refractivity contribution in [3.8, 4) is 0 Å². The first-order valence-corrected chi connectivity index (χ1v) is 8.56. The van der Waals surface area contributed by atoms with Crippen LogP contribution in [0.4, 0.5) is 0 Å². The van der Waals surface area contributed by atoms with E-state index in [1.54, 1.807) is 0 Å². The van der Waals surface area contributed by atoms with Crippen LogP contribution in [0.3, 0.4) is 0 Å². The van der Waals surface area contributed by atoms with E-state index in [0.717, 1.165) is 42.0 Å². The molecule has 2 fully saturated rings. The number of piperidine rings is 1. The predicted octanol–water partition coefficient (Wildman–Crippen LogP) is -0.224. The molecule has 2 N–H and O–H groups in total. The SMILES string of the molecule is O=C1CC[C@@H](N2C(=O)c3cc4c(cc3C2=O)CC2(CNC2)C4)C(=O)N1. The fourth-order valence-corrected chi connectivity index (χ4v) is 4.53. The van der Waals surface area contributed by atoms with E-state index < -0.39 is 23.8 Å². The van der Waals surface area contributed by atoms with Gasteiger partial charge in [0.05, 0.1) is 11.1 Å². The quantitative estimate of drug-likeness (QED) is 0.690. The molecule has 3 aliphatic heterocycles. The van der Waals surface area contributed by atoms with Gasteiger partial charge in [0.15, 0.2) is 0 Å². The topological polar surface area (TPSA) is 95.6 Å². The molecule has 4 amide bonds. The Labute approximate surface area is 143 Å². The Bertz CT molecular complexity index is 824. The third kappa shape index (κ3) is 1.96. The summed E-state index contributed by atoms with van der Waals surface area (Å²) in [6.45, 7) is 1.94. The van der Waals surface area contributed by atoms with E-state index in [1.165, 1.54) is 0 Å². The predicted molar refractivity (Wildman–Crippen MR) is 85.8 cm³/mol. The molecule has 1 aromatic carbocycles. The molecule has 7 nitrogen and oxygen atoms in total. The van der Waals surface area contributed by atoms with Crippen molar-refractivity contribution in [3.05, 3.63) is 34.4 Å². The molecule has 1 aromatic rings. The van der Waals surface area contributed by atoms with Gasteiger partial charge >= 0.3 is 0 Å². The van der Waals surface area contributed by atoms with Crippen molar-refractivity contribution in [1.82, 2.24) is 15.5 Å². The number of hydrogen-bond donors (Lipinski definition) is 2. The van der Waals surface area contributed by atoms with Crippen LogP contribution in [0, 0.1) is 5.41 Å². The summed E-state index contributed by atoms with van der Waals surface area (Å²) in [6, 6.07) is 2.77. The lowest BCUT2D eigenvalue weighted by Gasteiger charge is -2.39. The lowest BCUT2D eigenvalue weighted by atomic mass is 9.79. The fourth-order valence-electron chi connectivity index (χ4n) is 4.53. The highest BCUT2D eigenvalue weighted by Gasteiger charge is 2.47. The zero-order valence-corrected chi connectivity index (χ0v) is 13.6. The molecule has 5 rings (SSSR count). The smallest absolute Gasteiger partial charge is 0.262 e. The van der Waals surface area contributed by atoms with Crippen LogP contribution in [0.2, 0.25) is 0 Å². The molecule has 4 aliphatic rings. The maximum absolute atomic E-state index is 12.8. The van der Waals surface area contributed by atoms with Crippen LogP contribution in [0.15, 0.2) is 12.1 Å². The Kier molecular flexibility index (Phi) is 2.81. The monoisotopic (exact) mass is 339 g/mol. The van der Waals surface area contributed by atoms with E-state index in [-0.39, 0.29) is 24.2 Å². The zero-order valence-electron chi connectivity index (χ0n) is 13.6. The van der Waals surface area contributed by atoms with Crippen molar-refractivity contribution < 1.29 is 19.2 Å². The summed E-state index contributed by atoms with van der Waals surface area (Å²) in [5.41, 5.74) is 3.28. The molecule has 2 saturated heterocycles. The highest BCUT2D eigenvalue weighted by molar-refractivity contribution is 6.23. The zero-order chi connectivity index (χ0) is 17.3. The lowest BCUT2D eigenvalue weighted by molar-refractivity contribution is -0.136. The largest absolute Gasteiger partial charge is 0.315 e. The van der Waals surface area contributed by atoms with Gasteiger partial charge in [0.1, 0.15) is 6.04 Å². The third-order valence-electron chi connectivity index (χ3n) is 5.89. The third-order valence-corrected chi connectivity index (χ3v) is 5.89. The van der Waals surface area contributed by atoms with Gasteiger partial charge in [-0.25, -0.2) is 0 Å². The van der Waals surface area contributed by atoms with E-state index in [2.05, 4.69) is 10.6 Å². The van der Waals surface area contributed by atoms with Crippen molar-refractivity contribution in [2.75, 3.05) is 13.1 Å². The van der Waals surface area contributed by atoms with Gasteiger partial charge in [0.25, 0.3) is 11.8 Å². The minimum atomic E-state index is -0.901. The van der Waals surface area contributed by atoms with E-state index >= 15 is 0 Å². The minimum absolute atomic E-state index is 0.135. The number of rotatable bonds is 1. The van der Waals surface area contributed by atoms with Crippen LogP contribution in [0.25, 0.3) is 0 Å². The molecule has 1 spiro atoms. The van der Waals surface area contributed by atoms with E-state index in [9.17, 15) is 19.2 Å². The molecule has 25 heavy (non-hydrogen) atoms. The Morgan fingerprint density at radius 3 is 2.04 bits per heavy atom. The molecule has 3 heterocycles. The van der Waals surface area contributed by atoms with Crippen LogP contribution in [0.5, 0.6) is 0 Å². The second kappa shape index (κ2) is 4.76. The second-order valence-corrected chi connectivity index (χ2v) is 7.57. The number of hydrogen-bond acceptors (Lipinski definition) is 5. The molecule has 0 radical (unpaired) electrons. The average Bonchev–Trinajstić information content (AvgIpc) is 3.04. The number of nitrogens with zero attached hydrogens (tertiary/aromatic N) is 1. The number of carbonyl (C=O) groups excluding carboxylic acids is 4. The second-order valence-electron chi connectivity index (χ2n) is 7.57. The average molecular weight is 339 g/mol. The van der Waals surface area contributed by atoms with E-state index in [0.29, 0.717) is 11.1 Å². The van der Waals surface area contributed by atoms with Gasteiger partial charge in [-0.05, 0) is 42.5 Å². The maximum Gasteiger partial charge on any atom is 0.262 e. The van der Waals surface area contributed by atoms with Crippen molar-refractivity contribution in [2.45, 2.75) is 31.7 Å². The molecule has 1 aliphatic carbocycles. The molecule has 7 heteroatoms. The van der Waals surface area contributed by atoms with Crippen molar-refractivity contribution in [3.63, 3.8) is 0 Å². The minimum Gasteiger partial charge on any atom is -0.315 e. The Balaban J connectivity index is 1.49. The lowest BCUT2D eigenvalue weighted by Crippen LogP contribution is -2.54. The summed E-state index contributed by atoms with van der Waals surface area (Å²) in [6.07, 6.45) is 2.16. The summed E-state index contributed by atoms with van der Waals surface area (Å²) in [4.78, 5) is 50.0. The van der Waals surface area contributed by atoms with Crippen LogP contribution < -0.4 is 10.6 Å². The highest BCUT2D eigenvalue weighted by Crippen LogP contribution is 2.42. The van der Waals surface area contributed by atoms with Gasteiger partial charge in [-0.3, -0.25) is 29.4 Å². The number of benzene rings is 1. The van der Waals surface area contributed by atoms with Gasteiger partial charge < -0.3 is 5.32 Å². The number of fused-ring (bicyclic) bond motifs is 2. The molecule has 0 bridgehead atoms. The van der Waals surface area contributed by atoms with Gasteiger partial charge in [0.2, 0.25) is 11.8 Å². The first-order valence-electron chi connectivity index (χ1n) is 8.56. The molecule has 128 valence electrons. The van der Waals surface area contributed by atoms with Crippen molar-refractivity contribution >= 4 is 23.6 Å². The molecule has 1 atom stereocenters. The van der Waals surface area contributed by atoms with E-state index in [4.69, 9.17) is 0 Å². The van der Waals surface area contributed by atoms with Crippen LogP contribution in [-0.2, 0) is 22.4 Å². The van der Waals surface area contributed by atoms with E-state index in [1.807, 2.05) is 12.1 Å². The number of imide groups is 2. The summed E-state index contributed by atoms with van der Waals surface area (Å²) in [5, 5.41) is 5.51. The molecule has 0 unspecified atom stereocenters. The summed E-state index contributed by atoms with van der Waals surface area (Å²) in [7, 11) is 0. The molecular formula is C18H17N3O4. The normalized spacial score (nSPS) is 26.6. The number of carbonyl (C=O) groups is 4. The molecule has 0 aromatic heterocycles. The number of nitrogens with one attached hydrogen (secondary N) is 2. The summed E-state index contributed by atoms with van der Waals surface area (Å²) in [5.74, 6) is -1.79.